The molecule has 0 aromatic carbocycles. The summed E-state index contributed by atoms with van der Waals surface area (Å²) in [5, 5.41) is 22.9. The number of carbonyl (C=O) groups is 3. The van der Waals surface area contributed by atoms with Crippen LogP contribution < -0.4 is 0 Å². The molecular formula is C28H38O8. The van der Waals surface area contributed by atoms with E-state index in [2.05, 4.69) is 6.08 Å². The van der Waals surface area contributed by atoms with Gasteiger partial charge in [0, 0.05) is 34.7 Å². The number of rotatable bonds is 2. The van der Waals surface area contributed by atoms with Crippen LogP contribution in [0.25, 0.3) is 0 Å². The standard InChI is InChI=1S/C28H38O8/c1-13-11-17-25(6,28(23(33)34-8)21(31)14(2)20(30)26(13,28)7)12-16-19-24(4,5)18(35-15(3)29)9-10-27(17,19)22(32)36-16/h11,16-19,22,30,32H,9-10,12H2,1-8H3/t16-,17+,18-,19+,22+,25-,26-,27+,28+/m0/s1. The molecule has 1 heterocycles. The third kappa shape index (κ3) is 2.37. The lowest BCUT2D eigenvalue weighted by atomic mass is 9.33. The average Bonchev–Trinajstić information content (AvgIpc) is 3.12. The minimum Gasteiger partial charge on any atom is -0.511 e. The maximum Gasteiger partial charge on any atom is 0.321 e. The number of ether oxygens (including phenoxy) is 3. The Labute approximate surface area is 212 Å². The maximum absolute atomic E-state index is 14.2. The molecule has 2 N–H and O–H groups in total. The topological polar surface area (TPSA) is 119 Å². The molecular weight excluding hydrogens is 464 g/mol. The number of allylic oxidation sites excluding steroid dienone is 3. The fraction of sp³-hybridized carbons (Fsp3) is 0.750. The van der Waals surface area contributed by atoms with Crippen LogP contribution in [0.1, 0.15) is 67.7 Å². The Morgan fingerprint density at radius 2 is 1.81 bits per heavy atom. The molecule has 198 valence electrons. The zero-order valence-corrected chi connectivity index (χ0v) is 22.4. The van der Waals surface area contributed by atoms with E-state index in [0.29, 0.717) is 24.8 Å². The third-order valence-electron chi connectivity index (χ3n) is 11.2. The van der Waals surface area contributed by atoms with Crippen LogP contribution in [0, 0.1) is 38.9 Å². The van der Waals surface area contributed by atoms with Gasteiger partial charge in [0.05, 0.1) is 18.6 Å². The average molecular weight is 503 g/mol. The quantitative estimate of drug-likeness (QED) is 0.334. The van der Waals surface area contributed by atoms with Crippen LogP contribution in [0.15, 0.2) is 23.0 Å². The van der Waals surface area contributed by atoms with Crippen molar-refractivity contribution in [3.8, 4) is 0 Å². The van der Waals surface area contributed by atoms with Crippen LogP contribution in [0.3, 0.4) is 0 Å². The summed E-state index contributed by atoms with van der Waals surface area (Å²) >= 11 is 0. The van der Waals surface area contributed by atoms with Gasteiger partial charge in [-0.05, 0) is 46.0 Å². The minimum atomic E-state index is -1.70. The van der Waals surface area contributed by atoms with E-state index in [1.54, 1.807) is 13.8 Å². The normalized spacial score (nSPS) is 48.5. The van der Waals surface area contributed by atoms with Gasteiger partial charge in [0.25, 0.3) is 0 Å². The number of carbonyl (C=O) groups excluding carboxylic acids is 3. The van der Waals surface area contributed by atoms with Gasteiger partial charge in [-0.25, -0.2) is 0 Å². The lowest BCUT2D eigenvalue weighted by Crippen LogP contribution is -2.72. The van der Waals surface area contributed by atoms with Gasteiger partial charge < -0.3 is 24.4 Å². The highest BCUT2D eigenvalue weighted by atomic mass is 16.6. The van der Waals surface area contributed by atoms with Crippen molar-refractivity contribution in [3.05, 3.63) is 23.0 Å². The number of hydrogen-bond acceptors (Lipinski definition) is 8. The molecule has 36 heavy (non-hydrogen) atoms. The Bertz CT molecular complexity index is 1130. The fourth-order valence-electron chi connectivity index (χ4n) is 9.80. The summed E-state index contributed by atoms with van der Waals surface area (Å²) in [7, 11) is 1.28. The van der Waals surface area contributed by atoms with E-state index in [9.17, 15) is 24.6 Å². The number of esters is 2. The molecule has 3 fully saturated rings. The first-order chi connectivity index (χ1) is 16.6. The predicted octanol–water partition coefficient (Wildman–Crippen LogP) is 3.62. The van der Waals surface area contributed by atoms with Gasteiger partial charge in [-0.3, -0.25) is 14.4 Å². The molecule has 9 atom stereocenters. The van der Waals surface area contributed by atoms with Gasteiger partial charge in [-0.1, -0.05) is 32.4 Å². The van der Waals surface area contributed by atoms with Crippen molar-refractivity contribution in [2.75, 3.05) is 7.11 Å². The number of aliphatic hydroxyl groups excluding tert-OH is 2. The van der Waals surface area contributed by atoms with Crippen LogP contribution >= 0.6 is 0 Å². The SMILES string of the molecule is COC(=O)[C@@]12C(=O)C(C)=C(O)[C@]1(C)C(C)=C[C@H]1[C@]34CC[C@H](OC(C)=O)C(C)(C)[C@H]3[C@H](C[C@@]12C)O[C@H]4O. The Morgan fingerprint density at radius 3 is 2.39 bits per heavy atom. The van der Waals surface area contributed by atoms with Gasteiger partial charge in [0.1, 0.15) is 11.9 Å². The van der Waals surface area contributed by atoms with Crippen LogP contribution in [0.2, 0.25) is 0 Å². The molecule has 8 nitrogen and oxygen atoms in total. The summed E-state index contributed by atoms with van der Waals surface area (Å²) in [6.07, 6.45) is 1.45. The first kappa shape index (κ1) is 25.5. The van der Waals surface area contributed by atoms with Crippen molar-refractivity contribution in [1.82, 2.24) is 0 Å². The molecule has 4 aliphatic carbocycles. The van der Waals surface area contributed by atoms with E-state index in [1.807, 2.05) is 27.7 Å². The van der Waals surface area contributed by atoms with Crippen molar-refractivity contribution in [2.45, 2.75) is 86.2 Å². The van der Waals surface area contributed by atoms with Crippen molar-refractivity contribution in [2.24, 2.45) is 38.9 Å². The molecule has 1 saturated heterocycles. The summed E-state index contributed by atoms with van der Waals surface area (Å²) in [6, 6.07) is 0. The molecule has 5 aliphatic rings. The first-order valence-corrected chi connectivity index (χ1v) is 12.8. The van der Waals surface area contributed by atoms with Crippen LogP contribution in [-0.2, 0) is 28.6 Å². The van der Waals surface area contributed by atoms with E-state index >= 15 is 0 Å². The molecule has 5 rings (SSSR count). The molecule has 8 heteroatoms. The molecule has 0 aromatic rings. The second-order valence-electron chi connectivity index (χ2n) is 12.7. The predicted molar refractivity (Wildman–Crippen MR) is 128 cm³/mol. The molecule has 0 aromatic heterocycles. The van der Waals surface area contributed by atoms with Crippen molar-refractivity contribution >= 4 is 17.7 Å². The van der Waals surface area contributed by atoms with Gasteiger partial charge in [-0.15, -0.1) is 0 Å². The van der Waals surface area contributed by atoms with Gasteiger partial charge in [0.2, 0.25) is 0 Å². The largest absolute Gasteiger partial charge is 0.511 e. The Kier molecular flexibility index (Phi) is 5.11. The van der Waals surface area contributed by atoms with Gasteiger partial charge in [0.15, 0.2) is 17.5 Å². The fourth-order valence-corrected chi connectivity index (χ4v) is 9.80. The molecule has 0 unspecified atom stereocenters. The first-order valence-electron chi connectivity index (χ1n) is 12.8. The summed E-state index contributed by atoms with van der Waals surface area (Å²) in [6.45, 7) is 12.6. The van der Waals surface area contributed by atoms with E-state index in [0.717, 1.165) is 0 Å². The van der Waals surface area contributed by atoms with Gasteiger partial charge in [-0.2, -0.15) is 0 Å². The highest BCUT2D eigenvalue weighted by Gasteiger charge is 2.84. The van der Waals surface area contributed by atoms with Crippen molar-refractivity contribution in [1.29, 1.82) is 0 Å². The Hall–Kier alpha value is -2.19. The smallest absolute Gasteiger partial charge is 0.321 e. The van der Waals surface area contributed by atoms with Crippen molar-refractivity contribution in [3.63, 3.8) is 0 Å². The van der Waals surface area contributed by atoms with E-state index in [4.69, 9.17) is 14.2 Å². The van der Waals surface area contributed by atoms with E-state index < -0.39 is 57.1 Å². The Balaban J connectivity index is 1.78. The zero-order chi connectivity index (χ0) is 26.8. The Morgan fingerprint density at radius 1 is 1.17 bits per heavy atom. The molecule has 2 bridgehead atoms. The minimum absolute atomic E-state index is 0.0985. The zero-order valence-electron chi connectivity index (χ0n) is 22.4. The van der Waals surface area contributed by atoms with E-state index in [-0.39, 0.29) is 29.3 Å². The van der Waals surface area contributed by atoms with Crippen LogP contribution in [0.5, 0.6) is 0 Å². The molecule has 0 radical (unpaired) electrons. The van der Waals surface area contributed by atoms with Crippen LogP contribution in [0.4, 0.5) is 0 Å². The third-order valence-corrected chi connectivity index (χ3v) is 11.2. The second kappa shape index (κ2) is 7.22. The molecule has 1 aliphatic heterocycles. The summed E-state index contributed by atoms with van der Waals surface area (Å²) in [5.41, 5.74) is -4.45. The number of fused-ring (bicyclic) bond motifs is 3. The van der Waals surface area contributed by atoms with E-state index in [1.165, 1.54) is 14.0 Å². The number of hydrogen-bond donors (Lipinski definition) is 2. The molecule has 0 amide bonds. The number of aliphatic hydroxyl groups is 2. The molecule has 0 spiro atoms. The highest BCUT2D eigenvalue weighted by Crippen LogP contribution is 2.79. The number of ketones is 1. The maximum atomic E-state index is 14.2. The lowest BCUT2D eigenvalue weighted by molar-refractivity contribution is -0.227. The highest BCUT2D eigenvalue weighted by molar-refractivity contribution is 6.17. The number of methoxy groups -OCH3 is 1. The molecule has 2 saturated carbocycles. The lowest BCUT2D eigenvalue weighted by Gasteiger charge is -2.67. The van der Waals surface area contributed by atoms with Crippen LogP contribution in [-0.4, -0.2) is 53.5 Å². The number of Topliss-reactive ketones (excluding diaryl/α,β-unsaturated/α-hetero) is 1. The summed E-state index contributed by atoms with van der Waals surface area (Å²) < 4.78 is 17.4. The second-order valence-corrected chi connectivity index (χ2v) is 12.7. The van der Waals surface area contributed by atoms with Gasteiger partial charge >= 0.3 is 11.9 Å². The van der Waals surface area contributed by atoms with Crippen molar-refractivity contribution < 1.29 is 38.8 Å². The summed E-state index contributed by atoms with van der Waals surface area (Å²) in [5.74, 6) is -2.14. The monoisotopic (exact) mass is 502 g/mol. The summed E-state index contributed by atoms with van der Waals surface area (Å²) in [4.78, 5) is 39.9.